The first-order valence-corrected chi connectivity index (χ1v) is 8.49. The van der Waals surface area contributed by atoms with Crippen molar-refractivity contribution in [2.45, 2.75) is 20.1 Å². The van der Waals surface area contributed by atoms with Crippen molar-refractivity contribution in [1.29, 1.82) is 0 Å². The van der Waals surface area contributed by atoms with Crippen LogP contribution in [-0.4, -0.2) is 28.1 Å². The van der Waals surface area contributed by atoms with E-state index in [1.54, 1.807) is 6.07 Å². The van der Waals surface area contributed by atoms with E-state index >= 15 is 0 Å². The predicted octanol–water partition coefficient (Wildman–Crippen LogP) is 3.47. The Balaban J connectivity index is 1.91. The summed E-state index contributed by atoms with van der Waals surface area (Å²) in [7, 11) is 1.29. The molecule has 6 nitrogen and oxygen atoms in total. The van der Waals surface area contributed by atoms with E-state index in [1.165, 1.54) is 13.3 Å². The largest absolute Gasteiger partial charge is 0.453 e. The van der Waals surface area contributed by atoms with Crippen molar-refractivity contribution in [1.82, 2.24) is 15.1 Å². The third-order valence-electron chi connectivity index (χ3n) is 4.33. The molecule has 0 bridgehead atoms. The van der Waals surface area contributed by atoms with E-state index in [0.717, 1.165) is 33.5 Å². The fourth-order valence-electron chi connectivity index (χ4n) is 2.79. The number of benzene rings is 2. The van der Waals surface area contributed by atoms with Crippen molar-refractivity contribution in [3.8, 4) is 16.9 Å². The third kappa shape index (κ3) is 4.01. The van der Waals surface area contributed by atoms with Gasteiger partial charge in [0, 0.05) is 18.3 Å². The van der Waals surface area contributed by atoms with Gasteiger partial charge in [0.1, 0.15) is 5.69 Å². The number of aryl methyl sites for hydroxylation is 1. The average molecular weight is 387 g/mol. The Hall–Kier alpha value is -3.26. The van der Waals surface area contributed by atoms with Gasteiger partial charge in [-0.05, 0) is 47.9 Å². The van der Waals surface area contributed by atoms with Gasteiger partial charge in [0.2, 0.25) is 0 Å². The molecule has 0 fully saturated rings. The van der Waals surface area contributed by atoms with E-state index in [-0.39, 0.29) is 17.8 Å². The van der Waals surface area contributed by atoms with Crippen molar-refractivity contribution in [2.75, 3.05) is 7.11 Å². The topological polar surface area (TPSA) is 76.4 Å². The molecule has 1 heterocycles. The number of aliphatic hydroxyl groups is 1. The second-order valence-corrected chi connectivity index (χ2v) is 6.20. The Kier molecular flexibility index (Phi) is 5.70. The van der Waals surface area contributed by atoms with Gasteiger partial charge in [-0.25, -0.2) is 18.3 Å². The standard InChI is InChI=1S/C20H19F2N3O3/c1-12-3-4-14(9-15(12)10-23-20(27)28-2)18-5-6-25(24-18)19-16(21)7-13(11-26)8-17(19)22/h3-9,26H,10-11H2,1-2H3,(H,23,27). The number of nitrogens with one attached hydrogen (secondary N) is 1. The summed E-state index contributed by atoms with van der Waals surface area (Å²) in [5.41, 5.74) is 2.91. The highest BCUT2D eigenvalue weighted by atomic mass is 19.1. The minimum absolute atomic E-state index is 0.146. The van der Waals surface area contributed by atoms with Crippen LogP contribution < -0.4 is 5.32 Å². The van der Waals surface area contributed by atoms with E-state index in [1.807, 2.05) is 25.1 Å². The van der Waals surface area contributed by atoms with Gasteiger partial charge in [0.05, 0.1) is 19.4 Å². The maximum absolute atomic E-state index is 14.3. The number of carbonyl (C=O) groups is 1. The van der Waals surface area contributed by atoms with Crippen LogP contribution in [0.4, 0.5) is 13.6 Å². The van der Waals surface area contributed by atoms with Crippen LogP contribution in [0.1, 0.15) is 16.7 Å². The number of carbonyl (C=O) groups excluding carboxylic acids is 1. The lowest BCUT2D eigenvalue weighted by Crippen LogP contribution is -2.22. The number of hydrogen-bond acceptors (Lipinski definition) is 4. The van der Waals surface area contributed by atoms with Gasteiger partial charge < -0.3 is 15.2 Å². The summed E-state index contributed by atoms with van der Waals surface area (Å²) in [6.07, 6.45) is 0.924. The lowest BCUT2D eigenvalue weighted by molar-refractivity contribution is 0.170. The smallest absolute Gasteiger partial charge is 0.407 e. The Bertz CT molecular complexity index is 995. The molecule has 0 radical (unpaired) electrons. The van der Waals surface area contributed by atoms with Crippen LogP contribution in [0.25, 0.3) is 16.9 Å². The molecule has 2 N–H and O–H groups in total. The Morgan fingerprint density at radius 2 is 1.93 bits per heavy atom. The average Bonchev–Trinajstić information content (AvgIpc) is 3.16. The number of aromatic nitrogens is 2. The number of hydrogen-bond donors (Lipinski definition) is 2. The number of aliphatic hydroxyl groups excluding tert-OH is 1. The lowest BCUT2D eigenvalue weighted by Gasteiger charge is -2.09. The number of rotatable bonds is 5. The predicted molar refractivity (Wildman–Crippen MR) is 98.8 cm³/mol. The van der Waals surface area contributed by atoms with Crippen LogP contribution in [0.15, 0.2) is 42.6 Å². The molecular formula is C20H19F2N3O3. The number of nitrogens with zero attached hydrogens (tertiary/aromatic N) is 2. The van der Waals surface area contributed by atoms with Gasteiger partial charge in [-0.15, -0.1) is 0 Å². The number of alkyl carbamates (subject to hydrolysis) is 1. The molecule has 0 unspecified atom stereocenters. The van der Waals surface area contributed by atoms with Gasteiger partial charge >= 0.3 is 6.09 Å². The molecule has 146 valence electrons. The fraction of sp³-hybridized carbons (Fsp3) is 0.200. The van der Waals surface area contributed by atoms with Crippen molar-refractivity contribution in [3.05, 3.63) is 70.9 Å². The molecule has 3 rings (SSSR count). The van der Waals surface area contributed by atoms with Gasteiger partial charge in [0.15, 0.2) is 11.6 Å². The second-order valence-electron chi connectivity index (χ2n) is 6.20. The molecule has 0 aliphatic carbocycles. The summed E-state index contributed by atoms with van der Waals surface area (Å²) in [4.78, 5) is 11.3. The van der Waals surface area contributed by atoms with E-state index in [9.17, 15) is 13.6 Å². The summed E-state index contributed by atoms with van der Waals surface area (Å²) < 4.78 is 34.2. The molecule has 0 aliphatic heterocycles. The molecule has 0 saturated heterocycles. The maximum Gasteiger partial charge on any atom is 0.407 e. The van der Waals surface area contributed by atoms with Crippen molar-refractivity contribution in [3.63, 3.8) is 0 Å². The van der Waals surface area contributed by atoms with Gasteiger partial charge in [-0.2, -0.15) is 5.10 Å². The number of ether oxygens (including phenoxy) is 1. The van der Waals surface area contributed by atoms with Crippen molar-refractivity contribution >= 4 is 6.09 Å². The van der Waals surface area contributed by atoms with E-state index < -0.39 is 24.3 Å². The molecule has 0 aliphatic rings. The van der Waals surface area contributed by atoms with Crippen LogP contribution in [0.2, 0.25) is 0 Å². The van der Waals surface area contributed by atoms with E-state index in [0.29, 0.717) is 5.69 Å². The van der Waals surface area contributed by atoms with Crippen LogP contribution in [0.3, 0.4) is 0 Å². The summed E-state index contributed by atoms with van der Waals surface area (Å²) in [5, 5.41) is 15.9. The highest BCUT2D eigenvalue weighted by Gasteiger charge is 2.15. The van der Waals surface area contributed by atoms with Gasteiger partial charge in [-0.3, -0.25) is 0 Å². The summed E-state index contributed by atoms with van der Waals surface area (Å²) >= 11 is 0. The molecule has 1 amide bonds. The fourth-order valence-corrected chi connectivity index (χ4v) is 2.79. The summed E-state index contributed by atoms with van der Waals surface area (Å²) in [6, 6.07) is 9.34. The Morgan fingerprint density at radius 1 is 1.21 bits per heavy atom. The third-order valence-corrected chi connectivity index (χ3v) is 4.33. The highest BCUT2D eigenvalue weighted by molar-refractivity contribution is 5.67. The molecule has 8 heteroatoms. The number of amides is 1. The zero-order valence-corrected chi connectivity index (χ0v) is 15.4. The molecule has 0 atom stereocenters. The number of halogens is 2. The molecule has 28 heavy (non-hydrogen) atoms. The first-order valence-electron chi connectivity index (χ1n) is 8.49. The van der Waals surface area contributed by atoms with Crippen molar-refractivity contribution < 1.29 is 23.4 Å². The molecule has 1 aromatic heterocycles. The molecule has 2 aromatic carbocycles. The monoisotopic (exact) mass is 387 g/mol. The summed E-state index contributed by atoms with van der Waals surface area (Å²) in [5.74, 6) is -1.63. The first-order chi connectivity index (χ1) is 13.4. The van der Waals surface area contributed by atoms with Crippen LogP contribution >= 0.6 is 0 Å². The van der Waals surface area contributed by atoms with E-state index in [4.69, 9.17) is 5.11 Å². The van der Waals surface area contributed by atoms with Gasteiger partial charge in [0.25, 0.3) is 0 Å². The molecule has 0 saturated carbocycles. The van der Waals surface area contributed by atoms with Crippen molar-refractivity contribution in [2.24, 2.45) is 0 Å². The highest BCUT2D eigenvalue weighted by Crippen LogP contribution is 2.24. The number of methoxy groups -OCH3 is 1. The minimum atomic E-state index is -0.814. The normalized spacial score (nSPS) is 10.8. The zero-order valence-electron chi connectivity index (χ0n) is 15.4. The van der Waals surface area contributed by atoms with E-state index in [2.05, 4.69) is 15.2 Å². The molecule has 0 spiro atoms. The maximum atomic E-state index is 14.3. The van der Waals surface area contributed by atoms with Crippen LogP contribution in [0.5, 0.6) is 0 Å². The van der Waals surface area contributed by atoms with Crippen LogP contribution in [-0.2, 0) is 17.9 Å². The Morgan fingerprint density at radius 3 is 2.57 bits per heavy atom. The molecule has 3 aromatic rings. The van der Waals surface area contributed by atoms with Gasteiger partial charge in [-0.1, -0.05) is 12.1 Å². The lowest BCUT2D eigenvalue weighted by atomic mass is 10.0. The SMILES string of the molecule is COC(=O)NCc1cc(-c2ccn(-c3c(F)cc(CO)cc3F)n2)ccc1C. The zero-order chi connectivity index (χ0) is 20.3. The first kappa shape index (κ1) is 19.5. The minimum Gasteiger partial charge on any atom is -0.453 e. The summed E-state index contributed by atoms with van der Waals surface area (Å²) in [6.45, 7) is 1.73. The second kappa shape index (κ2) is 8.18. The quantitative estimate of drug-likeness (QED) is 0.703. The van der Waals surface area contributed by atoms with Crippen LogP contribution in [0, 0.1) is 18.6 Å². The molecular weight excluding hydrogens is 368 g/mol. The Labute approximate surface area is 160 Å².